The fourth-order valence-corrected chi connectivity index (χ4v) is 2.35. The van der Waals surface area contributed by atoms with Crippen molar-refractivity contribution >= 4 is 11.7 Å². The minimum Gasteiger partial charge on any atom is -0.484 e. The Morgan fingerprint density at radius 1 is 1.43 bits per heavy atom. The van der Waals surface area contributed by atoms with Gasteiger partial charge in [-0.05, 0) is 44.7 Å². The van der Waals surface area contributed by atoms with Crippen molar-refractivity contribution in [2.24, 2.45) is 11.7 Å². The van der Waals surface area contributed by atoms with E-state index in [1.807, 2.05) is 6.92 Å². The highest BCUT2D eigenvalue weighted by Crippen LogP contribution is 2.38. The summed E-state index contributed by atoms with van der Waals surface area (Å²) in [6.07, 6.45) is 2.21. The molecule has 1 amide bonds. The van der Waals surface area contributed by atoms with Gasteiger partial charge in [-0.1, -0.05) is 12.1 Å². The number of nitrogens with one attached hydrogen (secondary N) is 1. The van der Waals surface area contributed by atoms with Crippen LogP contribution in [0.25, 0.3) is 0 Å². The van der Waals surface area contributed by atoms with E-state index >= 15 is 0 Å². The predicted octanol–water partition coefficient (Wildman–Crippen LogP) is 1.51. The predicted molar refractivity (Wildman–Crippen MR) is 80.3 cm³/mol. The number of hydrogen-bond acceptors (Lipinski definition) is 4. The van der Waals surface area contributed by atoms with E-state index < -0.39 is 0 Å². The quantitative estimate of drug-likeness (QED) is 0.746. The van der Waals surface area contributed by atoms with Crippen molar-refractivity contribution in [1.29, 1.82) is 0 Å². The van der Waals surface area contributed by atoms with Gasteiger partial charge in [0.2, 0.25) is 0 Å². The molecule has 114 valence electrons. The Bertz CT molecular complexity index is 540. The zero-order chi connectivity index (χ0) is 15.5. The first-order valence-electron chi connectivity index (χ1n) is 7.19. The molecular weight excluding hydrogens is 268 g/mol. The van der Waals surface area contributed by atoms with Crippen LogP contribution in [0.15, 0.2) is 24.3 Å². The van der Waals surface area contributed by atoms with Crippen molar-refractivity contribution in [3.8, 4) is 5.75 Å². The maximum atomic E-state index is 12.0. The lowest BCUT2D eigenvalue weighted by molar-refractivity contribution is -0.125. The Balaban J connectivity index is 1.89. The summed E-state index contributed by atoms with van der Waals surface area (Å²) in [5, 5.41) is 2.96. The second-order valence-corrected chi connectivity index (χ2v) is 5.82. The SMILES string of the molecule is CC(=O)c1cccc(OCC(=O)NC(C)(CN)C2CC2)c1. The molecule has 1 atom stereocenters. The average Bonchev–Trinajstić information content (AvgIpc) is 3.30. The largest absolute Gasteiger partial charge is 0.484 e. The Labute approximate surface area is 124 Å². The Morgan fingerprint density at radius 2 is 2.14 bits per heavy atom. The molecule has 1 aliphatic rings. The summed E-state index contributed by atoms with van der Waals surface area (Å²) in [4.78, 5) is 23.3. The third-order valence-corrected chi connectivity index (χ3v) is 3.94. The molecule has 1 unspecified atom stereocenters. The van der Waals surface area contributed by atoms with Gasteiger partial charge in [-0.2, -0.15) is 0 Å². The standard InChI is InChI=1S/C16H22N2O3/c1-11(19)12-4-3-5-14(8-12)21-9-15(20)18-16(2,10-17)13-6-7-13/h3-5,8,13H,6-7,9-10,17H2,1-2H3,(H,18,20). The van der Waals surface area contributed by atoms with Crippen LogP contribution < -0.4 is 15.8 Å². The molecule has 1 aromatic rings. The van der Waals surface area contributed by atoms with E-state index in [1.165, 1.54) is 6.92 Å². The highest BCUT2D eigenvalue weighted by Gasteiger charge is 2.41. The number of nitrogens with two attached hydrogens (primary N) is 1. The fraction of sp³-hybridized carbons (Fsp3) is 0.500. The zero-order valence-electron chi connectivity index (χ0n) is 12.5. The summed E-state index contributed by atoms with van der Waals surface area (Å²) in [5.41, 5.74) is 5.99. The number of hydrogen-bond donors (Lipinski definition) is 2. The molecule has 0 spiro atoms. The van der Waals surface area contributed by atoms with Crippen LogP contribution in [-0.4, -0.2) is 30.4 Å². The lowest BCUT2D eigenvalue weighted by atomic mass is 9.96. The monoisotopic (exact) mass is 290 g/mol. The smallest absolute Gasteiger partial charge is 0.258 e. The average molecular weight is 290 g/mol. The van der Waals surface area contributed by atoms with Crippen molar-refractivity contribution in [2.45, 2.75) is 32.2 Å². The van der Waals surface area contributed by atoms with Gasteiger partial charge in [-0.15, -0.1) is 0 Å². The van der Waals surface area contributed by atoms with E-state index in [4.69, 9.17) is 10.5 Å². The van der Waals surface area contributed by atoms with Gasteiger partial charge in [0.15, 0.2) is 12.4 Å². The van der Waals surface area contributed by atoms with E-state index in [0.717, 1.165) is 12.8 Å². The van der Waals surface area contributed by atoms with Crippen molar-refractivity contribution < 1.29 is 14.3 Å². The molecule has 0 aromatic heterocycles. The third kappa shape index (κ3) is 4.04. The molecule has 0 bridgehead atoms. The van der Waals surface area contributed by atoms with Crippen LogP contribution in [-0.2, 0) is 4.79 Å². The second kappa shape index (κ2) is 6.26. The van der Waals surface area contributed by atoms with E-state index in [0.29, 0.717) is 23.8 Å². The second-order valence-electron chi connectivity index (χ2n) is 5.82. The first-order chi connectivity index (χ1) is 9.94. The summed E-state index contributed by atoms with van der Waals surface area (Å²) in [7, 11) is 0. The maximum Gasteiger partial charge on any atom is 0.258 e. The van der Waals surface area contributed by atoms with Crippen LogP contribution in [0.3, 0.4) is 0 Å². The topological polar surface area (TPSA) is 81.4 Å². The minimum atomic E-state index is -0.346. The molecule has 1 fully saturated rings. The van der Waals surface area contributed by atoms with E-state index in [2.05, 4.69) is 5.32 Å². The highest BCUT2D eigenvalue weighted by molar-refractivity contribution is 5.94. The molecule has 5 nitrogen and oxygen atoms in total. The van der Waals surface area contributed by atoms with Crippen LogP contribution in [0.1, 0.15) is 37.0 Å². The lowest BCUT2D eigenvalue weighted by Gasteiger charge is -2.29. The van der Waals surface area contributed by atoms with Crippen molar-refractivity contribution in [3.63, 3.8) is 0 Å². The molecule has 0 aliphatic heterocycles. The molecule has 0 saturated heterocycles. The van der Waals surface area contributed by atoms with Gasteiger partial charge < -0.3 is 15.8 Å². The van der Waals surface area contributed by atoms with Gasteiger partial charge in [0.1, 0.15) is 5.75 Å². The molecular formula is C16H22N2O3. The molecule has 5 heteroatoms. The summed E-state index contributed by atoms with van der Waals surface area (Å²) in [6, 6.07) is 6.81. The Kier molecular flexibility index (Phi) is 4.63. The summed E-state index contributed by atoms with van der Waals surface area (Å²) in [6.45, 7) is 3.81. The number of carbonyl (C=O) groups excluding carboxylic acids is 2. The van der Waals surface area contributed by atoms with Gasteiger partial charge in [0.25, 0.3) is 5.91 Å². The molecule has 1 aromatic carbocycles. The number of rotatable bonds is 7. The van der Waals surface area contributed by atoms with Crippen LogP contribution >= 0.6 is 0 Å². The van der Waals surface area contributed by atoms with Crippen LogP contribution in [0.5, 0.6) is 5.75 Å². The summed E-state index contributed by atoms with van der Waals surface area (Å²) >= 11 is 0. The van der Waals surface area contributed by atoms with Crippen LogP contribution in [0.2, 0.25) is 0 Å². The highest BCUT2D eigenvalue weighted by atomic mass is 16.5. The number of ether oxygens (including phenoxy) is 1. The van der Waals surface area contributed by atoms with Crippen molar-refractivity contribution in [2.75, 3.05) is 13.2 Å². The minimum absolute atomic E-state index is 0.0330. The molecule has 1 saturated carbocycles. The van der Waals surface area contributed by atoms with Crippen LogP contribution in [0.4, 0.5) is 0 Å². The van der Waals surface area contributed by atoms with E-state index in [9.17, 15) is 9.59 Å². The Hall–Kier alpha value is -1.88. The maximum absolute atomic E-state index is 12.0. The van der Waals surface area contributed by atoms with Gasteiger partial charge >= 0.3 is 0 Å². The zero-order valence-corrected chi connectivity index (χ0v) is 12.5. The first-order valence-corrected chi connectivity index (χ1v) is 7.19. The number of carbonyl (C=O) groups is 2. The van der Waals surface area contributed by atoms with Gasteiger partial charge in [-0.3, -0.25) is 9.59 Å². The van der Waals surface area contributed by atoms with Crippen molar-refractivity contribution in [3.05, 3.63) is 29.8 Å². The van der Waals surface area contributed by atoms with E-state index in [-0.39, 0.29) is 23.8 Å². The summed E-state index contributed by atoms with van der Waals surface area (Å²) in [5.74, 6) is 0.753. The number of benzene rings is 1. The first kappa shape index (κ1) is 15.5. The molecule has 2 rings (SSSR count). The normalized spacial score (nSPS) is 16.9. The molecule has 0 heterocycles. The fourth-order valence-electron chi connectivity index (χ4n) is 2.35. The van der Waals surface area contributed by atoms with Crippen LogP contribution in [0, 0.1) is 5.92 Å². The van der Waals surface area contributed by atoms with E-state index in [1.54, 1.807) is 24.3 Å². The number of ketones is 1. The van der Waals surface area contributed by atoms with Crippen molar-refractivity contribution in [1.82, 2.24) is 5.32 Å². The van der Waals surface area contributed by atoms with Gasteiger partial charge in [0, 0.05) is 12.1 Å². The molecule has 0 radical (unpaired) electrons. The lowest BCUT2D eigenvalue weighted by Crippen LogP contribution is -2.54. The van der Waals surface area contributed by atoms with Gasteiger partial charge in [-0.25, -0.2) is 0 Å². The molecule has 21 heavy (non-hydrogen) atoms. The third-order valence-electron chi connectivity index (χ3n) is 3.94. The number of amides is 1. The number of Topliss-reactive ketones (excluding diaryl/α,β-unsaturated/α-hetero) is 1. The molecule has 1 aliphatic carbocycles. The van der Waals surface area contributed by atoms with Gasteiger partial charge in [0.05, 0.1) is 5.54 Å². The molecule has 3 N–H and O–H groups in total. The summed E-state index contributed by atoms with van der Waals surface area (Å²) < 4.78 is 5.44. The Morgan fingerprint density at radius 3 is 2.71 bits per heavy atom.